The molecule has 0 amide bonds. The molecule has 0 aromatic heterocycles. The molecule has 0 unspecified atom stereocenters. The summed E-state index contributed by atoms with van der Waals surface area (Å²) >= 11 is 0. The molecule has 0 bridgehead atoms. The molecule has 0 aliphatic rings. The van der Waals surface area contributed by atoms with E-state index in [1.807, 2.05) is 78.0 Å². The van der Waals surface area contributed by atoms with Crippen molar-refractivity contribution in [3.05, 3.63) is 121 Å². The van der Waals surface area contributed by atoms with Crippen LogP contribution in [0.5, 0.6) is 0 Å². The number of hydrazone groups is 1. The minimum absolute atomic E-state index is 0. The Labute approximate surface area is 172 Å². The van der Waals surface area contributed by atoms with E-state index in [4.69, 9.17) is 0 Å². The predicted octanol–water partition coefficient (Wildman–Crippen LogP) is 6.18. The summed E-state index contributed by atoms with van der Waals surface area (Å²) in [5, 5.41) is 6.61. The number of hydrogen-bond acceptors (Lipinski definition) is 2. The first kappa shape index (κ1) is 20.4. The van der Waals surface area contributed by atoms with Gasteiger partial charge in [0.05, 0.1) is 11.4 Å². The minimum atomic E-state index is 0. The first-order valence-electron chi connectivity index (χ1n) is 8.73. The second-order valence-corrected chi connectivity index (χ2v) is 5.74. The van der Waals surface area contributed by atoms with E-state index < -0.39 is 0 Å². The predicted molar refractivity (Wildman–Crippen MR) is 111 cm³/mol. The first-order valence-corrected chi connectivity index (χ1v) is 8.73. The Balaban J connectivity index is 0.000000379. The van der Waals surface area contributed by atoms with E-state index in [9.17, 15) is 0 Å². The SMILES string of the molecule is C(C[c-]1cccc1)=NN(c1ccccc1)c1ccccc1.[Fe].[cH-]1[cH-][cH-][cH-][cH-]1. The minimum Gasteiger partial charge on any atom is -0.748 e. The second kappa shape index (κ2) is 11.7. The molecular weight excluding hydrogens is 372 g/mol. The van der Waals surface area contributed by atoms with E-state index in [0.29, 0.717) is 0 Å². The van der Waals surface area contributed by atoms with Crippen LogP contribution in [0, 0.1) is 0 Å². The van der Waals surface area contributed by atoms with Crippen LogP contribution in [-0.2, 0) is 23.5 Å². The van der Waals surface area contributed by atoms with Crippen LogP contribution in [0.3, 0.4) is 0 Å². The van der Waals surface area contributed by atoms with E-state index >= 15 is 0 Å². The average Bonchev–Trinajstić information content (AvgIpc) is 3.43. The Morgan fingerprint density at radius 1 is 0.704 bits per heavy atom. The third-order valence-corrected chi connectivity index (χ3v) is 3.81. The van der Waals surface area contributed by atoms with Crippen molar-refractivity contribution >= 4 is 17.6 Å². The molecule has 4 aromatic rings. The van der Waals surface area contributed by atoms with E-state index in [1.54, 1.807) is 0 Å². The zero-order valence-electron chi connectivity index (χ0n) is 15.0. The van der Waals surface area contributed by atoms with Crippen molar-refractivity contribution in [2.45, 2.75) is 6.42 Å². The van der Waals surface area contributed by atoms with Crippen LogP contribution in [0.4, 0.5) is 11.4 Å². The van der Waals surface area contributed by atoms with Gasteiger partial charge < -0.3 is 30.3 Å². The third-order valence-electron chi connectivity index (χ3n) is 3.81. The van der Waals surface area contributed by atoms with Gasteiger partial charge in [0.15, 0.2) is 0 Å². The van der Waals surface area contributed by atoms with Crippen LogP contribution in [0.25, 0.3) is 0 Å². The summed E-state index contributed by atoms with van der Waals surface area (Å²) in [5.41, 5.74) is 3.39. The van der Waals surface area contributed by atoms with Crippen molar-refractivity contribution in [1.82, 2.24) is 0 Å². The molecule has 0 spiro atoms. The van der Waals surface area contributed by atoms with Crippen LogP contribution < -0.4 is 5.01 Å². The smallest absolute Gasteiger partial charge is 0.0652 e. The van der Waals surface area contributed by atoms with Gasteiger partial charge >= 0.3 is 0 Å². The van der Waals surface area contributed by atoms with Crippen LogP contribution in [0.1, 0.15) is 5.56 Å². The fourth-order valence-corrected chi connectivity index (χ4v) is 2.52. The van der Waals surface area contributed by atoms with Crippen LogP contribution in [0.15, 0.2) is 120 Å². The maximum absolute atomic E-state index is 4.65. The van der Waals surface area contributed by atoms with Crippen LogP contribution in [0.2, 0.25) is 0 Å². The molecule has 0 atom stereocenters. The van der Waals surface area contributed by atoms with Crippen molar-refractivity contribution in [1.29, 1.82) is 0 Å². The summed E-state index contributed by atoms with van der Waals surface area (Å²) < 4.78 is 0. The molecule has 27 heavy (non-hydrogen) atoms. The Morgan fingerprint density at radius 2 is 1.15 bits per heavy atom. The summed E-state index contributed by atoms with van der Waals surface area (Å²) in [6.45, 7) is 0. The van der Waals surface area contributed by atoms with Gasteiger partial charge in [0, 0.05) is 23.3 Å². The maximum atomic E-state index is 4.65. The topological polar surface area (TPSA) is 15.6 Å². The van der Waals surface area contributed by atoms with Gasteiger partial charge in [-0.2, -0.15) is 22.8 Å². The second-order valence-electron chi connectivity index (χ2n) is 5.74. The zero-order chi connectivity index (χ0) is 17.9. The average molecular weight is 394 g/mol. The van der Waals surface area contributed by atoms with Gasteiger partial charge in [0.2, 0.25) is 0 Å². The summed E-state index contributed by atoms with van der Waals surface area (Å²) in [6.07, 6.45) is 2.79. The van der Waals surface area contributed by atoms with Gasteiger partial charge in [0.25, 0.3) is 0 Å². The number of nitrogens with zero attached hydrogens (tertiary/aromatic N) is 2. The normalized spacial score (nSPS) is 9.93. The van der Waals surface area contributed by atoms with E-state index in [1.165, 1.54) is 5.56 Å². The van der Waals surface area contributed by atoms with Gasteiger partial charge in [-0.1, -0.05) is 36.4 Å². The van der Waals surface area contributed by atoms with Crippen molar-refractivity contribution in [2.24, 2.45) is 5.10 Å². The molecule has 2 nitrogen and oxygen atoms in total. The number of para-hydroxylation sites is 2. The van der Waals surface area contributed by atoms with Crippen molar-refractivity contribution in [2.75, 3.05) is 5.01 Å². The van der Waals surface area contributed by atoms with E-state index in [0.717, 1.165) is 17.8 Å². The molecule has 142 valence electrons. The number of hydrogen-bond donors (Lipinski definition) is 0. The standard InChI is InChI=1S/C19H17N2.C5H5.Fe/c1-3-11-18(12-4-1)21(19-13-5-2-6-14-19)20-16-15-17-9-7-8-10-17;1-2-4-5-3-1;/h1-14,16H,15H2;1-5H;/q-1;-5;. The zero-order valence-corrected chi connectivity index (χ0v) is 16.1. The van der Waals surface area contributed by atoms with Gasteiger partial charge in [0.1, 0.15) is 0 Å². The summed E-state index contributed by atoms with van der Waals surface area (Å²) in [6, 6.07) is 38.7. The Kier molecular flexibility index (Phi) is 8.85. The van der Waals surface area contributed by atoms with Crippen molar-refractivity contribution in [3.8, 4) is 0 Å². The molecule has 0 heterocycles. The molecule has 4 aromatic carbocycles. The van der Waals surface area contributed by atoms with Crippen LogP contribution in [-0.4, -0.2) is 6.21 Å². The Hall–Kier alpha value is -2.87. The molecule has 0 saturated carbocycles. The molecular formula is C24H22FeN2-6. The molecule has 0 N–H and O–H groups in total. The van der Waals surface area contributed by atoms with Gasteiger partial charge in [-0.05, 0) is 30.7 Å². The molecule has 0 radical (unpaired) electrons. The monoisotopic (exact) mass is 394 g/mol. The van der Waals surface area contributed by atoms with Crippen LogP contribution >= 0.6 is 0 Å². The van der Waals surface area contributed by atoms with Gasteiger partial charge in [-0.3, -0.25) is 0 Å². The van der Waals surface area contributed by atoms with Gasteiger partial charge in [-0.25, -0.2) is 17.1 Å². The third kappa shape index (κ3) is 6.74. The Morgan fingerprint density at radius 3 is 1.59 bits per heavy atom. The molecule has 0 fully saturated rings. The maximum Gasteiger partial charge on any atom is 0.0652 e. The summed E-state index contributed by atoms with van der Waals surface area (Å²) in [4.78, 5) is 0. The summed E-state index contributed by atoms with van der Waals surface area (Å²) in [5.74, 6) is 0. The van der Waals surface area contributed by atoms with Crippen molar-refractivity contribution in [3.63, 3.8) is 0 Å². The molecule has 4 rings (SSSR count). The molecule has 0 aliphatic carbocycles. The van der Waals surface area contributed by atoms with Gasteiger partial charge in [-0.15, -0.1) is 0 Å². The number of anilines is 2. The molecule has 3 heteroatoms. The van der Waals surface area contributed by atoms with E-state index in [2.05, 4.69) is 53.6 Å². The van der Waals surface area contributed by atoms with E-state index in [-0.39, 0.29) is 17.1 Å². The van der Waals surface area contributed by atoms with Crippen molar-refractivity contribution < 1.29 is 17.1 Å². The quantitative estimate of drug-likeness (QED) is 0.171. The number of benzene rings is 2. The molecule has 0 saturated heterocycles. The summed E-state index contributed by atoms with van der Waals surface area (Å²) in [7, 11) is 0. The fraction of sp³-hybridized carbons (Fsp3) is 0.0417. The fourth-order valence-electron chi connectivity index (χ4n) is 2.52. The first-order chi connectivity index (χ1) is 12.9. The largest absolute Gasteiger partial charge is 0.748 e. The molecule has 0 aliphatic heterocycles. The Bertz CT molecular complexity index is 795. The number of rotatable bonds is 5.